The van der Waals surface area contributed by atoms with Crippen molar-refractivity contribution in [2.75, 3.05) is 29.9 Å². The Morgan fingerprint density at radius 1 is 1.13 bits per heavy atom. The molecule has 4 rings (SSSR count). The zero-order chi connectivity index (χ0) is 20.8. The van der Waals surface area contributed by atoms with Crippen LogP contribution in [0.15, 0.2) is 54.6 Å². The Kier molecular flexibility index (Phi) is 6.59. The van der Waals surface area contributed by atoms with E-state index in [0.717, 1.165) is 54.6 Å². The van der Waals surface area contributed by atoms with Gasteiger partial charge in [0.1, 0.15) is 5.82 Å². The summed E-state index contributed by atoms with van der Waals surface area (Å²) in [6.45, 7) is 4.61. The minimum absolute atomic E-state index is 0.141. The van der Waals surface area contributed by atoms with Crippen molar-refractivity contribution < 1.29 is 4.79 Å². The van der Waals surface area contributed by atoms with Gasteiger partial charge in [-0.1, -0.05) is 42.5 Å². The van der Waals surface area contributed by atoms with Crippen molar-refractivity contribution in [3.05, 3.63) is 71.5 Å². The van der Waals surface area contributed by atoms with Gasteiger partial charge in [-0.25, -0.2) is 9.78 Å². The van der Waals surface area contributed by atoms with Crippen molar-refractivity contribution in [3.8, 4) is 0 Å². The Balaban J connectivity index is 1.21. The number of carbonyl (C=O) groups is 1. The molecule has 1 aliphatic rings. The van der Waals surface area contributed by atoms with Crippen LogP contribution < -0.4 is 15.5 Å². The fourth-order valence-electron chi connectivity index (χ4n) is 3.69. The smallest absolute Gasteiger partial charge is 0.319 e. The minimum atomic E-state index is -0.141. The summed E-state index contributed by atoms with van der Waals surface area (Å²) in [6.07, 6.45) is 2.85. The number of anilines is 2. The molecule has 2 aromatic carbocycles. The minimum Gasteiger partial charge on any atom is -0.347 e. The second-order valence-electron chi connectivity index (χ2n) is 7.79. The number of benzene rings is 2. The first-order valence-corrected chi connectivity index (χ1v) is 11.2. The number of nitrogens with zero attached hydrogens (tertiary/aromatic N) is 3. The van der Waals surface area contributed by atoms with Crippen LogP contribution in [0.4, 0.5) is 15.6 Å². The molecule has 3 aromatic rings. The first-order valence-electron chi connectivity index (χ1n) is 10.4. The van der Waals surface area contributed by atoms with Crippen LogP contribution in [0, 0.1) is 12.8 Å². The summed E-state index contributed by atoms with van der Waals surface area (Å²) < 4.78 is 4.53. The second kappa shape index (κ2) is 9.71. The van der Waals surface area contributed by atoms with E-state index in [0.29, 0.717) is 12.5 Å². The number of nitrogens with one attached hydrogen (secondary N) is 2. The van der Waals surface area contributed by atoms with Crippen molar-refractivity contribution in [1.82, 2.24) is 14.7 Å². The highest BCUT2D eigenvalue weighted by Gasteiger charge is 2.22. The van der Waals surface area contributed by atoms with Gasteiger partial charge in [0.15, 0.2) is 0 Å². The molecule has 0 saturated carbocycles. The van der Waals surface area contributed by atoms with Gasteiger partial charge >= 0.3 is 6.03 Å². The molecule has 0 bridgehead atoms. The molecule has 0 aliphatic carbocycles. The lowest BCUT2D eigenvalue weighted by Crippen LogP contribution is -2.39. The quantitative estimate of drug-likeness (QED) is 0.616. The molecule has 1 saturated heterocycles. The van der Waals surface area contributed by atoms with Gasteiger partial charge in [0.05, 0.1) is 0 Å². The Bertz CT molecular complexity index is 966. The third-order valence-corrected chi connectivity index (χ3v) is 6.19. The molecule has 2 amide bonds. The summed E-state index contributed by atoms with van der Waals surface area (Å²) in [5.74, 6) is 1.37. The standard InChI is InChI=1S/C23H27N5OS/c1-17-6-5-9-20(14-17)25-22(29)24-16-19-10-12-28(13-11-19)23-26-21(27-30-23)15-18-7-3-2-4-8-18/h2-9,14,19H,10-13,15-16H2,1H3,(H2,24,25,29). The van der Waals surface area contributed by atoms with Crippen LogP contribution in [0.5, 0.6) is 0 Å². The van der Waals surface area contributed by atoms with Gasteiger partial charge in [-0.2, -0.15) is 4.37 Å². The fraction of sp³-hybridized carbons (Fsp3) is 0.348. The SMILES string of the molecule is Cc1cccc(NC(=O)NCC2CCN(c3nc(Cc4ccccc4)ns3)CC2)c1. The van der Waals surface area contributed by atoms with Crippen molar-refractivity contribution in [2.24, 2.45) is 5.92 Å². The van der Waals surface area contributed by atoms with Crippen LogP contribution in [-0.4, -0.2) is 35.0 Å². The Morgan fingerprint density at radius 3 is 2.70 bits per heavy atom. The summed E-state index contributed by atoms with van der Waals surface area (Å²) in [5, 5.41) is 6.92. The monoisotopic (exact) mass is 421 g/mol. The molecule has 1 aliphatic heterocycles. The van der Waals surface area contributed by atoms with Crippen LogP contribution in [0.1, 0.15) is 29.8 Å². The number of carbonyl (C=O) groups excluding carboxylic acids is 1. The molecule has 6 nitrogen and oxygen atoms in total. The first-order chi connectivity index (χ1) is 14.7. The van der Waals surface area contributed by atoms with E-state index in [1.807, 2.05) is 49.4 Å². The van der Waals surface area contributed by atoms with Crippen molar-refractivity contribution >= 4 is 28.4 Å². The topological polar surface area (TPSA) is 70.2 Å². The molecule has 156 valence electrons. The molecule has 7 heteroatoms. The molecule has 0 unspecified atom stereocenters. The second-order valence-corrected chi connectivity index (χ2v) is 8.52. The summed E-state index contributed by atoms with van der Waals surface area (Å²) in [4.78, 5) is 19.2. The highest BCUT2D eigenvalue weighted by molar-refractivity contribution is 7.09. The fourth-order valence-corrected chi connectivity index (χ4v) is 4.42. The lowest BCUT2D eigenvalue weighted by molar-refractivity contribution is 0.248. The van der Waals surface area contributed by atoms with E-state index in [2.05, 4.69) is 32.0 Å². The largest absolute Gasteiger partial charge is 0.347 e. The van der Waals surface area contributed by atoms with Crippen molar-refractivity contribution in [2.45, 2.75) is 26.2 Å². The number of hydrogen-bond acceptors (Lipinski definition) is 5. The predicted octanol–water partition coefficient (Wildman–Crippen LogP) is 4.48. The number of urea groups is 1. The van der Waals surface area contributed by atoms with E-state index in [4.69, 9.17) is 4.98 Å². The van der Waals surface area contributed by atoms with Crippen LogP contribution >= 0.6 is 11.5 Å². The maximum absolute atomic E-state index is 12.2. The zero-order valence-corrected chi connectivity index (χ0v) is 18.0. The lowest BCUT2D eigenvalue weighted by Gasteiger charge is -2.31. The van der Waals surface area contributed by atoms with Crippen LogP contribution in [0.25, 0.3) is 0 Å². The summed E-state index contributed by atoms with van der Waals surface area (Å²) >= 11 is 1.48. The van der Waals surface area contributed by atoms with Gasteiger partial charge in [0, 0.05) is 43.3 Å². The van der Waals surface area contributed by atoms with Gasteiger partial charge in [0.2, 0.25) is 5.13 Å². The number of amides is 2. The van der Waals surface area contributed by atoms with Gasteiger partial charge in [-0.3, -0.25) is 0 Å². The maximum Gasteiger partial charge on any atom is 0.319 e. The molecular weight excluding hydrogens is 394 g/mol. The molecule has 1 aromatic heterocycles. The third-order valence-electron chi connectivity index (χ3n) is 5.37. The van der Waals surface area contributed by atoms with Gasteiger partial charge in [0.25, 0.3) is 0 Å². The number of rotatable bonds is 6. The van der Waals surface area contributed by atoms with E-state index in [1.54, 1.807) is 0 Å². The third kappa shape index (κ3) is 5.57. The van der Waals surface area contributed by atoms with E-state index < -0.39 is 0 Å². The molecule has 30 heavy (non-hydrogen) atoms. The van der Waals surface area contributed by atoms with Crippen LogP contribution in [0.2, 0.25) is 0 Å². The molecule has 0 spiro atoms. The zero-order valence-electron chi connectivity index (χ0n) is 17.2. The van der Waals surface area contributed by atoms with Crippen LogP contribution in [0.3, 0.4) is 0 Å². The molecule has 0 atom stereocenters. The highest BCUT2D eigenvalue weighted by atomic mass is 32.1. The molecular formula is C23H27N5OS. The predicted molar refractivity (Wildman–Crippen MR) is 122 cm³/mol. The number of aryl methyl sites for hydroxylation is 1. The lowest BCUT2D eigenvalue weighted by atomic mass is 9.97. The Labute approximate surface area is 181 Å². The van der Waals surface area contributed by atoms with Crippen molar-refractivity contribution in [1.29, 1.82) is 0 Å². The molecule has 2 N–H and O–H groups in total. The summed E-state index contributed by atoms with van der Waals surface area (Å²) in [6, 6.07) is 18.0. The van der Waals surface area contributed by atoms with Gasteiger partial charge in [-0.05, 0) is 48.9 Å². The summed E-state index contributed by atoms with van der Waals surface area (Å²) in [7, 11) is 0. The first kappa shape index (κ1) is 20.3. The van der Waals surface area contributed by atoms with Crippen LogP contribution in [-0.2, 0) is 6.42 Å². The maximum atomic E-state index is 12.2. The average molecular weight is 422 g/mol. The van der Waals surface area contributed by atoms with Crippen molar-refractivity contribution in [3.63, 3.8) is 0 Å². The molecule has 1 fully saturated rings. The normalized spacial score (nSPS) is 14.5. The molecule has 2 heterocycles. The van der Waals surface area contributed by atoms with Gasteiger partial charge in [-0.15, -0.1) is 0 Å². The van der Waals surface area contributed by atoms with E-state index >= 15 is 0 Å². The summed E-state index contributed by atoms with van der Waals surface area (Å²) in [5.41, 5.74) is 3.18. The Hall–Kier alpha value is -2.93. The highest BCUT2D eigenvalue weighted by Crippen LogP contribution is 2.25. The molecule has 0 radical (unpaired) electrons. The number of hydrogen-bond donors (Lipinski definition) is 2. The number of aromatic nitrogens is 2. The van der Waals surface area contributed by atoms with E-state index in [9.17, 15) is 4.79 Å². The van der Waals surface area contributed by atoms with E-state index in [-0.39, 0.29) is 6.03 Å². The Morgan fingerprint density at radius 2 is 1.93 bits per heavy atom. The van der Waals surface area contributed by atoms with E-state index in [1.165, 1.54) is 17.1 Å². The van der Waals surface area contributed by atoms with Gasteiger partial charge < -0.3 is 15.5 Å². The number of piperidine rings is 1. The average Bonchev–Trinajstić information content (AvgIpc) is 3.22.